The van der Waals surface area contributed by atoms with Crippen molar-refractivity contribution in [2.45, 2.75) is 24.4 Å². The van der Waals surface area contributed by atoms with Crippen molar-refractivity contribution in [2.75, 3.05) is 39.0 Å². The Morgan fingerprint density at radius 1 is 1.08 bits per heavy atom. The summed E-state index contributed by atoms with van der Waals surface area (Å²) in [6, 6.07) is 16.0. The van der Waals surface area contributed by atoms with Crippen LogP contribution < -0.4 is 5.73 Å². The molecule has 2 aromatic carbocycles. The second-order valence-electron chi connectivity index (χ2n) is 10.2. The summed E-state index contributed by atoms with van der Waals surface area (Å²) >= 11 is 0. The van der Waals surface area contributed by atoms with Gasteiger partial charge in [0.25, 0.3) is 0 Å². The highest BCUT2D eigenvalue weighted by molar-refractivity contribution is 5.81. The Kier molecular flexibility index (Phi) is 6.35. The molecule has 0 unspecified atom stereocenters. The molecule has 1 aliphatic heterocycles. The number of benzene rings is 2. The predicted molar refractivity (Wildman–Crippen MR) is 144 cm³/mol. The molecule has 1 fully saturated rings. The number of carbonyl (C=O) groups is 2. The molecule has 0 bridgehead atoms. The topological polar surface area (TPSA) is 140 Å². The number of fused-ring (bicyclic) bond motifs is 4. The molecular formula is C28H29N7O4. The number of ether oxygens (including phenoxy) is 1. The molecule has 0 saturated carbocycles. The number of carboxylic acid groups (broad SMARTS) is 1. The van der Waals surface area contributed by atoms with Gasteiger partial charge in [0.15, 0.2) is 11.5 Å². The number of aliphatic carboxylic acids is 1. The monoisotopic (exact) mass is 527 g/mol. The number of nitrogens with two attached hydrogens (primary N) is 1. The zero-order valence-electron chi connectivity index (χ0n) is 21.5. The second-order valence-corrected chi connectivity index (χ2v) is 10.2. The predicted octanol–water partition coefficient (Wildman–Crippen LogP) is 2.99. The van der Waals surface area contributed by atoms with Crippen LogP contribution >= 0.6 is 0 Å². The molecule has 1 saturated heterocycles. The van der Waals surface area contributed by atoms with E-state index < -0.39 is 12.1 Å². The minimum absolute atomic E-state index is 0.0508. The number of imidazole rings is 1. The first kappa shape index (κ1) is 24.8. The van der Waals surface area contributed by atoms with Gasteiger partial charge in [0.05, 0.1) is 18.9 Å². The molecule has 3 N–H and O–H groups in total. The van der Waals surface area contributed by atoms with Crippen LogP contribution in [0.5, 0.6) is 0 Å². The Balaban J connectivity index is 1.23. The molecule has 6 rings (SSSR count). The Hall–Kier alpha value is -4.51. The van der Waals surface area contributed by atoms with E-state index in [1.165, 1.54) is 6.33 Å². The van der Waals surface area contributed by atoms with Crippen molar-refractivity contribution in [3.05, 3.63) is 72.3 Å². The highest BCUT2D eigenvalue weighted by Gasteiger charge is 2.39. The maximum atomic E-state index is 13.6. The number of rotatable bonds is 7. The molecule has 11 heteroatoms. The van der Waals surface area contributed by atoms with Crippen LogP contribution in [-0.2, 0) is 9.53 Å². The van der Waals surface area contributed by atoms with Crippen molar-refractivity contribution in [3.8, 4) is 11.1 Å². The zero-order valence-corrected chi connectivity index (χ0v) is 21.5. The van der Waals surface area contributed by atoms with E-state index in [1.54, 1.807) is 23.2 Å². The number of anilines is 1. The number of aromatic nitrogens is 4. The fraction of sp³-hybridized carbons (Fsp3) is 0.321. The van der Waals surface area contributed by atoms with E-state index in [1.807, 2.05) is 28.8 Å². The first-order chi connectivity index (χ1) is 18.9. The van der Waals surface area contributed by atoms with Crippen molar-refractivity contribution >= 4 is 29.0 Å². The van der Waals surface area contributed by atoms with Gasteiger partial charge in [-0.15, -0.1) is 0 Å². The van der Waals surface area contributed by atoms with Crippen molar-refractivity contribution < 1.29 is 19.4 Å². The fourth-order valence-electron chi connectivity index (χ4n) is 5.96. The fourth-order valence-corrected chi connectivity index (χ4v) is 5.96. The van der Waals surface area contributed by atoms with Gasteiger partial charge in [-0.05, 0) is 35.7 Å². The molecule has 200 valence electrons. The van der Waals surface area contributed by atoms with Gasteiger partial charge in [0, 0.05) is 25.0 Å². The lowest BCUT2D eigenvalue weighted by atomic mass is 9.98. The number of likely N-dealkylation sites (tertiary alicyclic amines) is 1. The Bertz CT molecular complexity index is 1510. The third-order valence-corrected chi connectivity index (χ3v) is 7.67. The van der Waals surface area contributed by atoms with Crippen LogP contribution in [0.25, 0.3) is 22.3 Å². The van der Waals surface area contributed by atoms with E-state index >= 15 is 0 Å². The Morgan fingerprint density at radius 3 is 2.46 bits per heavy atom. The number of likely N-dealkylation sites (N-methyl/N-ethyl adjacent to an activating group) is 1. The number of carbonyl (C=O) groups excluding carboxylic acids is 1. The number of carboxylic acids is 1. The maximum Gasteiger partial charge on any atom is 0.410 e. The van der Waals surface area contributed by atoms with Crippen LogP contribution in [0, 0.1) is 0 Å². The molecule has 2 atom stereocenters. The summed E-state index contributed by atoms with van der Waals surface area (Å²) < 4.78 is 7.88. The summed E-state index contributed by atoms with van der Waals surface area (Å²) in [5.41, 5.74) is 11.7. The highest BCUT2D eigenvalue weighted by Crippen LogP contribution is 2.44. The number of hydrogen-bond donors (Lipinski definition) is 2. The third-order valence-electron chi connectivity index (χ3n) is 7.67. The van der Waals surface area contributed by atoms with Crippen molar-refractivity contribution in [3.63, 3.8) is 0 Å². The van der Waals surface area contributed by atoms with Gasteiger partial charge in [-0.1, -0.05) is 48.5 Å². The molecule has 0 spiro atoms. The lowest BCUT2D eigenvalue weighted by Gasteiger charge is -2.27. The minimum atomic E-state index is -0.924. The Labute approximate surface area is 224 Å². The van der Waals surface area contributed by atoms with Gasteiger partial charge in [-0.25, -0.2) is 19.7 Å². The molecule has 4 aromatic rings. The van der Waals surface area contributed by atoms with Gasteiger partial charge >= 0.3 is 12.1 Å². The van der Waals surface area contributed by atoms with Gasteiger partial charge in [0.1, 0.15) is 18.5 Å². The van der Waals surface area contributed by atoms with Crippen molar-refractivity contribution in [1.82, 2.24) is 29.3 Å². The largest absolute Gasteiger partial charge is 0.480 e. The molecule has 1 amide bonds. The second kappa shape index (κ2) is 9.99. The van der Waals surface area contributed by atoms with E-state index in [4.69, 9.17) is 10.5 Å². The molecule has 2 aromatic heterocycles. The van der Waals surface area contributed by atoms with Crippen LogP contribution in [0.1, 0.15) is 29.5 Å². The number of nitrogen functional groups attached to an aromatic ring is 1. The van der Waals surface area contributed by atoms with Gasteiger partial charge in [-0.3, -0.25) is 9.69 Å². The van der Waals surface area contributed by atoms with E-state index in [-0.39, 0.29) is 31.2 Å². The SMILES string of the molecule is CN(CC(=O)O)C[C@@H]1C[C@@H](n2cnc3c(N)ncnc32)CN1C(=O)OCC1c2ccccc2-c2ccccc21. The normalized spacial score (nSPS) is 18.5. The average Bonchev–Trinajstić information content (AvgIpc) is 3.61. The quantitative estimate of drug-likeness (QED) is 0.371. The highest BCUT2D eigenvalue weighted by atomic mass is 16.6. The first-order valence-electron chi connectivity index (χ1n) is 12.9. The maximum absolute atomic E-state index is 13.6. The van der Waals surface area contributed by atoms with Crippen LogP contribution in [0.3, 0.4) is 0 Å². The van der Waals surface area contributed by atoms with Crippen molar-refractivity contribution in [2.24, 2.45) is 0 Å². The Morgan fingerprint density at radius 2 is 1.77 bits per heavy atom. The standard InChI is InChI=1S/C28H29N7O4/c1-33(13-24(36)37)11-17-10-18(35-16-32-25-26(29)30-15-31-27(25)35)12-34(17)28(38)39-14-23-21-8-4-2-6-19(21)20-7-3-5-9-22(20)23/h2-9,15-18,23H,10-14H2,1H3,(H,36,37)(H2,29,30,31)/t17-,18+/m0/s1. The van der Waals surface area contributed by atoms with Crippen LogP contribution in [0.15, 0.2) is 61.2 Å². The number of nitrogens with zero attached hydrogens (tertiary/aromatic N) is 6. The minimum Gasteiger partial charge on any atom is -0.480 e. The number of amides is 1. The molecule has 0 radical (unpaired) electrons. The molecule has 2 aliphatic rings. The smallest absolute Gasteiger partial charge is 0.410 e. The molecule has 39 heavy (non-hydrogen) atoms. The third kappa shape index (κ3) is 4.54. The summed E-state index contributed by atoms with van der Waals surface area (Å²) in [4.78, 5) is 41.0. The van der Waals surface area contributed by atoms with Crippen LogP contribution in [-0.4, -0.2) is 85.8 Å². The molecule has 3 heterocycles. The first-order valence-corrected chi connectivity index (χ1v) is 12.9. The average molecular weight is 528 g/mol. The summed E-state index contributed by atoms with van der Waals surface area (Å²) in [7, 11) is 1.73. The van der Waals surface area contributed by atoms with E-state index in [2.05, 4.69) is 39.2 Å². The lowest BCUT2D eigenvalue weighted by molar-refractivity contribution is -0.138. The van der Waals surface area contributed by atoms with Crippen LogP contribution in [0.4, 0.5) is 10.6 Å². The van der Waals surface area contributed by atoms with E-state index in [0.717, 1.165) is 22.3 Å². The van der Waals surface area contributed by atoms with E-state index in [9.17, 15) is 14.7 Å². The van der Waals surface area contributed by atoms with Crippen LogP contribution in [0.2, 0.25) is 0 Å². The summed E-state index contributed by atoms with van der Waals surface area (Å²) in [5, 5.41) is 9.26. The van der Waals surface area contributed by atoms with Crippen molar-refractivity contribution in [1.29, 1.82) is 0 Å². The zero-order chi connectivity index (χ0) is 27.1. The number of hydrogen-bond acceptors (Lipinski definition) is 8. The van der Waals surface area contributed by atoms with Gasteiger partial charge < -0.3 is 25.0 Å². The lowest BCUT2D eigenvalue weighted by Crippen LogP contribution is -2.43. The van der Waals surface area contributed by atoms with E-state index in [0.29, 0.717) is 36.5 Å². The van der Waals surface area contributed by atoms with Gasteiger partial charge in [-0.2, -0.15) is 0 Å². The summed E-state index contributed by atoms with van der Waals surface area (Å²) in [6.45, 7) is 0.843. The van der Waals surface area contributed by atoms with Gasteiger partial charge in [0.2, 0.25) is 0 Å². The molecular weight excluding hydrogens is 498 g/mol. The molecule has 11 nitrogen and oxygen atoms in total. The molecule has 1 aliphatic carbocycles. The summed E-state index contributed by atoms with van der Waals surface area (Å²) in [5.74, 6) is -0.680. The summed E-state index contributed by atoms with van der Waals surface area (Å²) in [6.07, 6.45) is 3.22.